The molecule has 0 saturated heterocycles. The van der Waals surface area contributed by atoms with E-state index in [9.17, 15) is 15.3 Å². The van der Waals surface area contributed by atoms with Crippen LogP contribution in [-0.2, 0) is 4.79 Å². The first-order valence-electron chi connectivity index (χ1n) is 6.28. The monoisotopic (exact) mass is 266 g/mol. The van der Waals surface area contributed by atoms with Crippen molar-refractivity contribution >= 4 is 11.6 Å². The van der Waals surface area contributed by atoms with Gasteiger partial charge in [-0.05, 0) is 19.4 Å². The number of nitrogens with zero attached hydrogens (tertiary/aromatic N) is 3. The zero-order valence-electron chi connectivity index (χ0n) is 11.3. The molecule has 1 heterocycles. The van der Waals surface area contributed by atoms with Gasteiger partial charge in [-0.3, -0.25) is 4.79 Å². The number of aryl methyl sites for hydroxylation is 1. The molecule has 0 fully saturated rings. The fourth-order valence-corrected chi connectivity index (χ4v) is 2.45. The lowest BCUT2D eigenvalue weighted by molar-refractivity contribution is -0.122. The Morgan fingerprint density at radius 1 is 1.20 bits per heavy atom. The number of hydrogen-bond acceptors (Lipinski definition) is 4. The van der Waals surface area contributed by atoms with E-state index in [2.05, 4.69) is 10.5 Å². The largest absolute Gasteiger partial charge is 0.272 e. The number of amides is 1. The van der Waals surface area contributed by atoms with Gasteiger partial charge >= 0.3 is 0 Å². The SMILES string of the molecule is CC1=NNC(=O)[C@@H]1[C@@H](c1ccc(C)cc1)C(C#N)C#N. The lowest BCUT2D eigenvalue weighted by atomic mass is 9.76. The summed E-state index contributed by atoms with van der Waals surface area (Å²) in [6, 6.07) is 11.5. The van der Waals surface area contributed by atoms with Gasteiger partial charge in [0.05, 0.1) is 18.1 Å². The standard InChI is InChI=1S/C15H14N4O/c1-9-3-5-11(6-4-9)14(12(7-16)8-17)13-10(2)18-19-15(13)20/h3-6,12-14H,1-2H3,(H,19,20)/t13-,14-/m0/s1. The van der Waals surface area contributed by atoms with Gasteiger partial charge in [0.1, 0.15) is 5.92 Å². The van der Waals surface area contributed by atoms with E-state index in [0.717, 1.165) is 11.1 Å². The minimum atomic E-state index is -0.892. The maximum atomic E-state index is 12.0. The smallest absolute Gasteiger partial charge is 0.249 e. The zero-order chi connectivity index (χ0) is 14.7. The molecule has 5 heteroatoms. The molecule has 2 rings (SSSR count). The number of carbonyl (C=O) groups is 1. The van der Waals surface area contributed by atoms with Crippen LogP contribution in [0.5, 0.6) is 0 Å². The Hall–Kier alpha value is -2.66. The third-order valence-corrected chi connectivity index (χ3v) is 3.53. The van der Waals surface area contributed by atoms with E-state index in [1.165, 1.54) is 0 Å². The van der Waals surface area contributed by atoms with Gasteiger partial charge in [0.25, 0.3) is 0 Å². The maximum Gasteiger partial charge on any atom is 0.249 e. The summed E-state index contributed by atoms with van der Waals surface area (Å²) in [5.41, 5.74) is 4.91. The molecule has 20 heavy (non-hydrogen) atoms. The van der Waals surface area contributed by atoms with Gasteiger partial charge in [-0.15, -0.1) is 0 Å². The first-order chi connectivity index (χ1) is 9.58. The predicted octanol–water partition coefficient (Wildman–Crippen LogP) is 1.86. The van der Waals surface area contributed by atoms with E-state index < -0.39 is 17.8 Å². The molecule has 0 bridgehead atoms. The zero-order valence-corrected chi connectivity index (χ0v) is 11.3. The molecule has 1 N–H and O–H groups in total. The molecule has 0 aliphatic carbocycles. The lowest BCUT2D eigenvalue weighted by Crippen LogP contribution is -2.32. The minimum absolute atomic E-state index is 0.261. The first kappa shape index (κ1) is 13.8. The van der Waals surface area contributed by atoms with Crippen LogP contribution in [0.1, 0.15) is 24.0 Å². The number of hydrazone groups is 1. The van der Waals surface area contributed by atoms with Crippen LogP contribution < -0.4 is 5.43 Å². The highest BCUT2D eigenvalue weighted by Crippen LogP contribution is 2.34. The van der Waals surface area contributed by atoms with Gasteiger partial charge in [-0.25, -0.2) is 5.43 Å². The second-order valence-corrected chi connectivity index (χ2v) is 4.88. The molecule has 100 valence electrons. The summed E-state index contributed by atoms with van der Waals surface area (Å²) in [4.78, 5) is 12.0. The van der Waals surface area contributed by atoms with Crippen LogP contribution in [0.25, 0.3) is 0 Å². The summed E-state index contributed by atoms with van der Waals surface area (Å²) in [7, 11) is 0. The summed E-state index contributed by atoms with van der Waals surface area (Å²) >= 11 is 0. The van der Waals surface area contributed by atoms with Crippen molar-refractivity contribution < 1.29 is 4.79 Å². The Bertz CT molecular complexity index is 619. The summed E-state index contributed by atoms with van der Waals surface area (Å²) in [5.74, 6) is -2.22. The molecule has 0 radical (unpaired) electrons. The minimum Gasteiger partial charge on any atom is -0.272 e. The highest BCUT2D eigenvalue weighted by Gasteiger charge is 2.40. The van der Waals surface area contributed by atoms with E-state index >= 15 is 0 Å². The van der Waals surface area contributed by atoms with E-state index in [-0.39, 0.29) is 5.91 Å². The normalized spacial score (nSPS) is 18.9. The second kappa shape index (κ2) is 5.54. The van der Waals surface area contributed by atoms with Crippen molar-refractivity contribution in [2.75, 3.05) is 0 Å². The van der Waals surface area contributed by atoms with Crippen molar-refractivity contribution in [3.63, 3.8) is 0 Å². The number of nitrogens with one attached hydrogen (secondary N) is 1. The van der Waals surface area contributed by atoms with Crippen molar-refractivity contribution in [3.8, 4) is 12.1 Å². The topological polar surface area (TPSA) is 89.0 Å². The third kappa shape index (κ3) is 2.39. The van der Waals surface area contributed by atoms with E-state index in [4.69, 9.17) is 0 Å². The number of rotatable bonds is 3. The van der Waals surface area contributed by atoms with Crippen LogP contribution in [0.4, 0.5) is 0 Å². The van der Waals surface area contributed by atoms with Gasteiger partial charge in [0, 0.05) is 11.6 Å². The van der Waals surface area contributed by atoms with Gasteiger partial charge in [-0.2, -0.15) is 15.6 Å². The van der Waals surface area contributed by atoms with Crippen molar-refractivity contribution in [3.05, 3.63) is 35.4 Å². The molecule has 2 atom stereocenters. The summed E-state index contributed by atoms with van der Waals surface area (Å²) < 4.78 is 0. The fraction of sp³-hybridized carbons (Fsp3) is 0.333. The second-order valence-electron chi connectivity index (χ2n) is 4.88. The van der Waals surface area contributed by atoms with Crippen LogP contribution in [0.3, 0.4) is 0 Å². The molecular formula is C15H14N4O. The molecule has 1 aliphatic rings. The van der Waals surface area contributed by atoms with Gasteiger partial charge in [0.2, 0.25) is 5.91 Å². The van der Waals surface area contributed by atoms with E-state index in [1.54, 1.807) is 6.92 Å². The molecule has 0 unspecified atom stereocenters. The Labute approximate surface area is 117 Å². The number of nitriles is 2. The van der Waals surface area contributed by atoms with E-state index in [1.807, 2.05) is 43.3 Å². The lowest BCUT2D eigenvalue weighted by Gasteiger charge is -2.23. The molecule has 1 aromatic carbocycles. The van der Waals surface area contributed by atoms with Crippen LogP contribution in [-0.4, -0.2) is 11.6 Å². The quantitative estimate of drug-likeness (QED) is 0.905. The molecule has 0 saturated carbocycles. The molecule has 1 aromatic rings. The number of hydrogen-bond donors (Lipinski definition) is 1. The van der Waals surface area contributed by atoms with Gasteiger partial charge in [0.15, 0.2) is 0 Å². The van der Waals surface area contributed by atoms with Crippen molar-refractivity contribution in [2.45, 2.75) is 19.8 Å². The van der Waals surface area contributed by atoms with Crippen LogP contribution in [0.15, 0.2) is 29.4 Å². The van der Waals surface area contributed by atoms with Crippen LogP contribution >= 0.6 is 0 Å². The van der Waals surface area contributed by atoms with E-state index in [0.29, 0.717) is 5.71 Å². The molecule has 5 nitrogen and oxygen atoms in total. The van der Waals surface area contributed by atoms with Crippen LogP contribution in [0, 0.1) is 41.4 Å². The Kier molecular flexibility index (Phi) is 3.81. The number of carbonyl (C=O) groups excluding carboxylic acids is 1. The summed E-state index contributed by atoms with van der Waals surface area (Å²) in [6.07, 6.45) is 0. The average Bonchev–Trinajstić information content (AvgIpc) is 2.77. The summed E-state index contributed by atoms with van der Waals surface area (Å²) in [6.45, 7) is 3.69. The highest BCUT2D eigenvalue weighted by atomic mass is 16.2. The maximum absolute atomic E-state index is 12.0. The van der Waals surface area contributed by atoms with Crippen molar-refractivity contribution in [1.82, 2.24) is 5.43 Å². The van der Waals surface area contributed by atoms with Crippen LogP contribution in [0.2, 0.25) is 0 Å². The third-order valence-electron chi connectivity index (χ3n) is 3.53. The van der Waals surface area contributed by atoms with Crippen molar-refractivity contribution in [1.29, 1.82) is 10.5 Å². The number of benzene rings is 1. The molecule has 0 spiro atoms. The highest BCUT2D eigenvalue weighted by molar-refractivity contribution is 6.07. The van der Waals surface area contributed by atoms with Gasteiger partial charge < -0.3 is 0 Å². The average molecular weight is 266 g/mol. The summed E-state index contributed by atoms with van der Waals surface area (Å²) in [5, 5.41) is 22.3. The van der Waals surface area contributed by atoms with Gasteiger partial charge in [-0.1, -0.05) is 29.8 Å². The Morgan fingerprint density at radius 2 is 1.80 bits per heavy atom. The Balaban J connectivity index is 2.48. The molecule has 0 aromatic heterocycles. The first-order valence-corrected chi connectivity index (χ1v) is 6.28. The Morgan fingerprint density at radius 3 is 2.25 bits per heavy atom. The molecule has 1 amide bonds. The fourth-order valence-electron chi connectivity index (χ4n) is 2.45. The molecular weight excluding hydrogens is 252 g/mol. The molecule has 1 aliphatic heterocycles. The van der Waals surface area contributed by atoms with Crippen molar-refractivity contribution in [2.24, 2.45) is 16.9 Å². The predicted molar refractivity (Wildman–Crippen MR) is 73.4 cm³/mol.